The lowest BCUT2D eigenvalue weighted by Crippen LogP contribution is -2.40. The van der Waals surface area contributed by atoms with E-state index in [4.69, 9.17) is 16.3 Å². The molecule has 1 atom stereocenters. The zero-order valence-corrected chi connectivity index (χ0v) is 16.0. The molecule has 27 heavy (non-hydrogen) atoms. The maximum Gasteiger partial charge on any atom is 0.325 e. The predicted octanol–water partition coefficient (Wildman–Crippen LogP) is 1.72. The van der Waals surface area contributed by atoms with Crippen LogP contribution < -0.4 is 10.6 Å². The summed E-state index contributed by atoms with van der Waals surface area (Å²) in [5.41, 5.74) is -0.945. The Labute approximate surface area is 161 Å². The van der Waals surface area contributed by atoms with Gasteiger partial charge in [-0.05, 0) is 39.3 Å². The SMILES string of the molecule is C[C@H](OC(=O)CCCN1C(=O)NC(C)(C)C1=O)C(=O)Nc1ccc(Cl)cn1. The normalized spacial score (nSPS) is 16.7. The molecule has 9 nitrogen and oxygen atoms in total. The number of hydrogen-bond donors (Lipinski definition) is 2. The van der Waals surface area contributed by atoms with E-state index in [1.54, 1.807) is 19.9 Å². The Morgan fingerprint density at radius 3 is 2.63 bits per heavy atom. The molecule has 1 aromatic rings. The Morgan fingerprint density at radius 1 is 1.37 bits per heavy atom. The smallest absolute Gasteiger partial charge is 0.325 e. The molecule has 2 rings (SSSR count). The van der Waals surface area contributed by atoms with Crippen LogP contribution in [0.25, 0.3) is 0 Å². The van der Waals surface area contributed by atoms with Crippen molar-refractivity contribution in [2.75, 3.05) is 11.9 Å². The number of imide groups is 1. The van der Waals surface area contributed by atoms with Gasteiger partial charge in [-0.2, -0.15) is 0 Å². The molecule has 0 aromatic carbocycles. The number of rotatable bonds is 7. The molecular weight excluding hydrogens is 376 g/mol. The number of pyridine rings is 1. The van der Waals surface area contributed by atoms with Crippen LogP contribution in [0.15, 0.2) is 18.3 Å². The topological polar surface area (TPSA) is 118 Å². The molecule has 2 heterocycles. The molecule has 1 aromatic heterocycles. The quantitative estimate of drug-likeness (QED) is 0.535. The first-order valence-electron chi connectivity index (χ1n) is 8.36. The fourth-order valence-corrected chi connectivity index (χ4v) is 2.50. The summed E-state index contributed by atoms with van der Waals surface area (Å²) in [4.78, 5) is 52.7. The molecule has 2 N–H and O–H groups in total. The number of carbonyl (C=O) groups excluding carboxylic acids is 4. The lowest BCUT2D eigenvalue weighted by atomic mass is 10.1. The molecule has 4 amide bonds. The summed E-state index contributed by atoms with van der Waals surface area (Å²) in [6, 6.07) is 2.60. The predicted molar refractivity (Wildman–Crippen MR) is 97.0 cm³/mol. The van der Waals surface area contributed by atoms with Gasteiger partial charge in [0.1, 0.15) is 11.4 Å². The van der Waals surface area contributed by atoms with Gasteiger partial charge in [-0.25, -0.2) is 9.78 Å². The average molecular weight is 397 g/mol. The first-order chi connectivity index (χ1) is 12.6. The van der Waals surface area contributed by atoms with Crippen molar-refractivity contribution in [2.24, 2.45) is 0 Å². The van der Waals surface area contributed by atoms with Crippen molar-refractivity contribution >= 4 is 41.2 Å². The Morgan fingerprint density at radius 2 is 2.07 bits per heavy atom. The van der Waals surface area contributed by atoms with Gasteiger partial charge in [-0.3, -0.25) is 19.3 Å². The second-order valence-corrected chi connectivity index (χ2v) is 7.03. The van der Waals surface area contributed by atoms with Crippen molar-refractivity contribution in [2.45, 2.75) is 45.3 Å². The maximum absolute atomic E-state index is 12.0. The monoisotopic (exact) mass is 396 g/mol. The molecule has 1 fully saturated rings. The van der Waals surface area contributed by atoms with Crippen LogP contribution in [-0.2, 0) is 19.1 Å². The number of hydrogen-bond acceptors (Lipinski definition) is 6. The minimum atomic E-state index is -1.02. The molecule has 0 saturated carbocycles. The van der Waals surface area contributed by atoms with Crippen LogP contribution in [-0.4, -0.2) is 51.9 Å². The number of anilines is 1. The molecule has 0 bridgehead atoms. The number of carbonyl (C=O) groups is 4. The van der Waals surface area contributed by atoms with E-state index in [0.717, 1.165) is 4.90 Å². The summed E-state index contributed by atoms with van der Waals surface area (Å²) in [7, 11) is 0. The second kappa shape index (κ2) is 8.34. The molecule has 0 aliphatic carbocycles. The van der Waals surface area contributed by atoms with Gasteiger partial charge in [0.05, 0.1) is 5.02 Å². The Kier molecular flexibility index (Phi) is 6.37. The number of aromatic nitrogens is 1. The first kappa shape index (κ1) is 20.6. The standard InChI is InChI=1S/C17H21ClN4O5/c1-10(14(24)20-12-7-6-11(18)9-19-12)27-13(23)5-4-8-22-15(25)17(2,3)21-16(22)26/h6-7,9-10H,4-5,8H2,1-3H3,(H,21,26)(H,19,20,24)/t10-/m0/s1. The number of amides is 4. The lowest BCUT2D eigenvalue weighted by molar-refractivity contribution is -0.153. The molecule has 146 valence electrons. The van der Waals surface area contributed by atoms with Crippen LogP contribution in [0.3, 0.4) is 0 Å². The number of nitrogens with zero attached hydrogens (tertiary/aromatic N) is 2. The second-order valence-electron chi connectivity index (χ2n) is 6.60. The van der Waals surface area contributed by atoms with Crippen LogP contribution in [0.4, 0.5) is 10.6 Å². The highest BCUT2D eigenvalue weighted by Crippen LogP contribution is 2.17. The van der Waals surface area contributed by atoms with Crippen LogP contribution >= 0.6 is 11.6 Å². The summed E-state index contributed by atoms with van der Waals surface area (Å²) in [6.07, 6.45) is 0.561. The van der Waals surface area contributed by atoms with E-state index in [1.807, 2.05) is 0 Å². The molecule has 10 heteroatoms. The van der Waals surface area contributed by atoms with Crippen LogP contribution in [0.1, 0.15) is 33.6 Å². The number of halogens is 1. The lowest BCUT2D eigenvalue weighted by Gasteiger charge is -2.16. The molecule has 1 saturated heterocycles. The third-order valence-electron chi connectivity index (χ3n) is 3.86. The largest absolute Gasteiger partial charge is 0.453 e. The van der Waals surface area contributed by atoms with Gasteiger partial charge in [0, 0.05) is 19.2 Å². The van der Waals surface area contributed by atoms with Gasteiger partial charge in [0.2, 0.25) is 0 Å². The molecule has 0 spiro atoms. The highest BCUT2D eigenvalue weighted by atomic mass is 35.5. The Balaban J connectivity index is 1.75. The van der Waals surface area contributed by atoms with Gasteiger partial charge < -0.3 is 15.4 Å². The number of esters is 1. The van der Waals surface area contributed by atoms with Gasteiger partial charge >= 0.3 is 12.0 Å². The van der Waals surface area contributed by atoms with Crippen LogP contribution in [0, 0.1) is 0 Å². The molecule has 0 radical (unpaired) electrons. The van der Waals surface area contributed by atoms with Crippen LogP contribution in [0.2, 0.25) is 5.02 Å². The minimum Gasteiger partial charge on any atom is -0.453 e. The number of nitrogens with one attached hydrogen (secondary N) is 2. The highest BCUT2D eigenvalue weighted by molar-refractivity contribution is 6.30. The van der Waals surface area contributed by atoms with Gasteiger partial charge in [-0.1, -0.05) is 11.6 Å². The van der Waals surface area contributed by atoms with Crippen molar-refractivity contribution in [1.29, 1.82) is 0 Å². The zero-order chi connectivity index (χ0) is 20.2. The Hall–Kier alpha value is -2.68. The van der Waals surface area contributed by atoms with E-state index in [0.29, 0.717) is 5.02 Å². The summed E-state index contributed by atoms with van der Waals surface area (Å²) < 4.78 is 5.06. The van der Waals surface area contributed by atoms with Crippen molar-refractivity contribution in [3.05, 3.63) is 23.4 Å². The molecule has 1 aliphatic heterocycles. The summed E-state index contributed by atoms with van der Waals surface area (Å²) in [5.74, 6) is -1.19. The Bertz CT molecular complexity index is 750. The molecule has 0 unspecified atom stereocenters. The average Bonchev–Trinajstić information content (AvgIpc) is 2.78. The molecular formula is C17H21ClN4O5. The third kappa shape index (κ3) is 5.40. The van der Waals surface area contributed by atoms with E-state index < -0.39 is 29.6 Å². The van der Waals surface area contributed by atoms with Gasteiger partial charge in [0.25, 0.3) is 11.8 Å². The van der Waals surface area contributed by atoms with Crippen molar-refractivity contribution in [3.63, 3.8) is 0 Å². The number of ether oxygens (including phenoxy) is 1. The van der Waals surface area contributed by atoms with E-state index >= 15 is 0 Å². The highest BCUT2D eigenvalue weighted by Gasteiger charge is 2.43. The van der Waals surface area contributed by atoms with E-state index in [2.05, 4.69) is 15.6 Å². The van der Waals surface area contributed by atoms with E-state index in [1.165, 1.54) is 19.2 Å². The van der Waals surface area contributed by atoms with E-state index in [9.17, 15) is 19.2 Å². The summed E-state index contributed by atoms with van der Waals surface area (Å²) in [6.45, 7) is 4.75. The third-order valence-corrected chi connectivity index (χ3v) is 4.09. The van der Waals surface area contributed by atoms with E-state index in [-0.39, 0.29) is 31.1 Å². The maximum atomic E-state index is 12.0. The van der Waals surface area contributed by atoms with Crippen LogP contribution in [0.5, 0.6) is 0 Å². The van der Waals surface area contributed by atoms with Crippen molar-refractivity contribution in [1.82, 2.24) is 15.2 Å². The fraction of sp³-hybridized carbons (Fsp3) is 0.471. The fourth-order valence-electron chi connectivity index (χ4n) is 2.39. The van der Waals surface area contributed by atoms with Gasteiger partial charge in [-0.15, -0.1) is 0 Å². The van der Waals surface area contributed by atoms with Crippen molar-refractivity contribution < 1.29 is 23.9 Å². The minimum absolute atomic E-state index is 0.0334. The van der Waals surface area contributed by atoms with Crippen molar-refractivity contribution in [3.8, 4) is 0 Å². The molecule has 1 aliphatic rings. The zero-order valence-electron chi connectivity index (χ0n) is 15.2. The summed E-state index contributed by atoms with van der Waals surface area (Å²) in [5, 5.41) is 5.49. The van der Waals surface area contributed by atoms with Gasteiger partial charge in [0.15, 0.2) is 6.10 Å². The number of urea groups is 1. The first-order valence-corrected chi connectivity index (χ1v) is 8.74. The summed E-state index contributed by atoms with van der Waals surface area (Å²) >= 11 is 5.71.